The summed E-state index contributed by atoms with van der Waals surface area (Å²) in [5, 5.41) is 0.270. The lowest BCUT2D eigenvalue weighted by molar-refractivity contribution is 0.0528. The fourth-order valence-corrected chi connectivity index (χ4v) is 3.35. The van der Waals surface area contributed by atoms with E-state index in [1.807, 2.05) is 0 Å². The molecule has 0 fully saturated rings. The second kappa shape index (κ2) is 6.17. The second-order valence-electron chi connectivity index (χ2n) is 3.42. The van der Waals surface area contributed by atoms with Gasteiger partial charge < -0.3 is 4.74 Å². The molecule has 0 aliphatic heterocycles. The smallest absolute Gasteiger partial charge is 0.341 e. The van der Waals surface area contributed by atoms with Crippen molar-refractivity contribution in [1.82, 2.24) is 4.72 Å². The number of thiophene rings is 1. The number of ether oxygens (including phenoxy) is 1. The van der Waals surface area contributed by atoms with Gasteiger partial charge in [-0.1, -0.05) is 6.92 Å². The minimum absolute atomic E-state index is 0.237. The summed E-state index contributed by atoms with van der Waals surface area (Å²) in [5.74, 6) is -0.531. The number of rotatable bonds is 6. The highest BCUT2D eigenvalue weighted by atomic mass is 32.2. The fraction of sp³-hybridized carbons (Fsp3) is 0.500. The van der Waals surface area contributed by atoms with Gasteiger partial charge in [0.25, 0.3) is 10.2 Å². The number of aryl methyl sites for hydroxylation is 1. The Morgan fingerprint density at radius 2 is 2.11 bits per heavy atom. The number of carbonyl (C=O) groups excluding carboxylic acids is 1. The van der Waals surface area contributed by atoms with Crippen LogP contribution in [0.4, 0.5) is 5.00 Å². The molecule has 0 radical (unpaired) electrons. The van der Waals surface area contributed by atoms with Gasteiger partial charge in [-0.25, -0.2) is 4.79 Å². The molecule has 1 rings (SSSR count). The Morgan fingerprint density at radius 3 is 2.67 bits per heavy atom. The Morgan fingerprint density at radius 1 is 1.44 bits per heavy atom. The minimum atomic E-state index is -3.64. The largest absolute Gasteiger partial charge is 0.462 e. The van der Waals surface area contributed by atoms with E-state index in [2.05, 4.69) is 9.44 Å². The molecular weight excluding hydrogens is 276 g/mol. The summed E-state index contributed by atoms with van der Waals surface area (Å²) in [6.45, 7) is 5.67. The van der Waals surface area contributed by atoms with Gasteiger partial charge in [0.1, 0.15) is 5.00 Å². The van der Waals surface area contributed by atoms with Crippen molar-refractivity contribution < 1.29 is 17.9 Å². The lowest BCUT2D eigenvalue weighted by atomic mass is 10.3. The van der Waals surface area contributed by atoms with E-state index in [0.717, 1.165) is 4.88 Å². The molecule has 1 heterocycles. The van der Waals surface area contributed by atoms with Crippen molar-refractivity contribution in [3.05, 3.63) is 16.5 Å². The highest BCUT2D eigenvalue weighted by Gasteiger charge is 2.19. The van der Waals surface area contributed by atoms with E-state index in [1.165, 1.54) is 11.3 Å². The third kappa shape index (κ3) is 3.97. The van der Waals surface area contributed by atoms with E-state index in [-0.39, 0.29) is 23.7 Å². The summed E-state index contributed by atoms with van der Waals surface area (Å²) in [6.07, 6.45) is 0. The molecule has 0 spiro atoms. The fourth-order valence-electron chi connectivity index (χ4n) is 1.30. The number of carbonyl (C=O) groups is 1. The van der Waals surface area contributed by atoms with Gasteiger partial charge in [-0.15, -0.1) is 11.3 Å². The molecule has 0 atom stereocenters. The zero-order valence-electron chi connectivity index (χ0n) is 10.4. The van der Waals surface area contributed by atoms with E-state index in [9.17, 15) is 13.2 Å². The van der Waals surface area contributed by atoms with Gasteiger partial charge in [0.2, 0.25) is 0 Å². The highest BCUT2D eigenvalue weighted by molar-refractivity contribution is 7.91. The molecule has 0 saturated carbocycles. The Hall–Kier alpha value is -1.12. The molecule has 102 valence electrons. The number of anilines is 1. The van der Waals surface area contributed by atoms with Crippen molar-refractivity contribution in [2.75, 3.05) is 17.9 Å². The summed E-state index contributed by atoms with van der Waals surface area (Å²) >= 11 is 1.19. The van der Waals surface area contributed by atoms with Crippen molar-refractivity contribution in [2.24, 2.45) is 0 Å². The number of esters is 1. The molecule has 0 unspecified atom stereocenters. The third-order valence-electron chi connectivity index (χ3n) is 1.91. The first-order valence-electron chi connectivity index (χ1n) is 5.44. The van der Waals surface area contributed by atoms with Gasteiger partial charge in [-0.2, -0.15) is 13.1 Å². The molecule has 0 bridgehead atoms. The van der Waals surface area contributed by atoms with Gasteiger partial charge in [-0.05, 0) is 19.9 Å². The number of hydrogen-bond donors (Lipinski definition) is 2. The van der Waals surface area contributed by atoms with Crippen LogP contribution in [0.1, 0.15) is 29.1 Å². The van der Waals surface area contributed by atoms with Gasteiger partial charge in [-0.3, -0.25) is 4.72 Å². The van der Waals surface area contributed by atoms with Crippen LogP contribution in [0.15, 0.2) is 6.07 Å². The molecule has 1 aromatic rings. The molecule has 2 N–H and O–H groups in total. The van der Waals surface area contributed by atoms with Crippen molar-refractivity contribution in [2.45, 2.75) is 20.8 Å². The molecule has 0 aliphatic rings. The minimum Gasteiger partial charge on any atom is -0.462 e. The van der Waals surface area contributed by atoms with Crippen LogP contribution in [-0.2, 0) is 14.9 Å². The van der Waals surface area contributed by atoms with Gasteiger partial charge in [0.15, 0.2) is 0 Å². The van der Waals surface area contributed by atoms with E-state index < -0.39 is 16.2 Å². The van der Waals surface area contributed by atoms with Gasteiger partial charge >= 0.3 is 5.97 Å². The molecule has 0 aliphatic carbocycles. The summed E-state index contributed by atoms with van der Waals surface area (Å²) in [7, 11) is -3.64. The second-order valence-corrected chi connectivity index (χ2v) is 6.18. The average molecular weight is 292 g/mol. The predicted octanol–water partition coefficient (Wildman–Crippen LogP) is 1.50. The van der Waals surface area contributed by atoms with E-state index in [4.69, 9.17) is 4.74 Å². The van der Waals surface area contributed by atoms with Crippen molar-refractivity contribution in [1.29, 1.82) is 0 Å². The molecule has 0 aromatic carbocycles. The van der Waals surface area contributed by atoms with Crippen LogP contribution in [0.5, 0.6) is 0 Å². The molecule has 8 heteroatoms. The lowest BCUT2D eigenvalue weighted by Crippen LogP contribution is -2.30. The predicted molar refractivity (Wildman–Crippen MR) is 71.2 cm³/mol. The normalized spacial score (nSPS) is 11.3. The standard InChI is InChI=1S/C10H16N2O4S2/c1-4-11-18(14,15)12-9-8(6-7(3)17-9)10(13)16-5-2/h6,11-12H,4-5H2,1-3H3. The third-order valence-corrected chi connectivity index (χ3v) is 4.15. The summed E-state index contributed by atoms with van der Waals surface area (Å²) < 4.78 is 32.6. The van der Waals surface area contributed by atoms with Crippen LogP contribution < -0.4 is 9.44 Å². The quantitative estimate of drug-likeness (QED) is 0.778. The molecule has 18 heavy (non-hydrogen) atoms. The Bertz CT molecular complexity index is 522. The van der Waals surface area contributed by atoms with Gasteiger partial charge in [0, 0.05) is 11.4 Å². The SMILES string of the molecule is CCNS(=O)(=O)Nc1sc(C)cc1C(=O)OCC. The maximum atomic E-state index is 11.7. The monoisotopic (exact) mass is 292 g/mol. The van der Waals surface area contributed by atoms with Crippen LogP contribution >= 0.6 is 11.3 Å². The lowest BCUT2D eigenvalue weighted by Gasteiger charge is -2.07. The van der Waals surface area contributed by atoms with Crippen LogP contribution in [-0.4, -0.2) is 27.5 Å². The van der Waals surface area contributed by atoms with E-state index >= 15 is 0 Å². The zero-order chi connectivity index (χ0) is 13.8. The maximum Gasteiger partial charge on any atom is 0.341 e. The molecular formula is C10H16N2O4S2. The van der Waals surface area contributed by atoms with Crippen LogP contribution in [0, 0.1) is 6.92 Å². The molecule has 0 amide bonds. The number of hydrogen-bond acceptors (Lipinski definition) is 5. The molecule has 1 aromatic heterocycles. The number of nitrogens with one attached hydrogen (secondary N) is 2. The first kappa shape index (κ1) is 14.9. The summed E-state index contributed by atoms with van der Waals surface area (Å²) in [5.41, 5.74) is 0.237. The van der Waals surface area contributed by atoms with Crippen molar-refractivity contribution in [3.8, 4) is 0 Å². The van der Waals surface area contributed by atoms with Crippen LogP contribution in [0.3, 0.4) is 0 Å². The van der Waals surface area contributed by atoms with Crippen molar-refractivity contribution in [3.63, 3.8) is 0 Å². The topological polar surface area (TPSA) is 84.5 Å². The van der Waals surface area contributed by atoms with E-state index in [1.54, 1.807) is 26.8 Å². The van der Waals surface area contributed by atoms with Crippen LogP contribution in [0.25, 0.3) is 0 Å². The Kier molecular flexibility index (Phi) is 5.12. The first-order valence-corrected chi connectivity index (χ1v) is 7.74. The van der Waals surface area contributed by atoms with Gasteiger partial charge in [0.05, 0.1) is 12.2 Å². The zero-order valence-corrected chi connectivity index (χ0v) is 12.1. The highest BCUT2D eigenvalue weighted by Crippen LogP contribution is 2.28. The molecule has 6 nitrogen and oxygen atoms in total. The first-order chi connectivity index (χ1) is 8.39. The van der Waals surface area contributed by atoms with E-state index in [0.29, 0.717) is 0 Å². The summed E-state index contributed by atoms with van der Waals surface area (Å²) in [6, 6.07) is 1.60. The van der Waals surface area contributed by atoms with Crippen LogP contribution in [0.2, 0.25) is 0 Å². The van der Waals surface area contributed by atoms with Crippen molar-refractivity contribution >= 4 is 32.5 Å². The summed E-state index contributed by atoms with van der Waals surface area (Å²) in [4.78, 5) is 12.5. The average Bonchev–Trinajstić information content (AvgIpc) is 2.58. The molecule has 0 saturated heterocycles. The Balaban J connectivity index is 2.99. The Labute approximate surface area is 111 Å². The maximum absolute atomic E-state index is 11.7.